The Labute approximate surface area is 265 Å². The number of ether oxygens (including phenoxy) is 1. The second-order valence-corrected chi connectivity index (χ2v) is 18.9. The predicted molar refractivity (Wildman–Crippen MR) is 179 cm³/mol. The summed E-state index contributed by atoms with van der Waals surface area (Å²) in [4.78, 5) is 5.52. The van der Waals surface area contributed by atoms with Crippen molar-refractivity contribution in [2.75, 3.05) is 6.26 Å². The molecule has 0 N–H and O–H groups in total. The van der Waals surface area contributed by atoms with E-state index in [4.69, 9.17) is 13.9 Å². The molecule has 3 aliphatic rings. The fraction of sp³-hybridized carbons (Fsp3) is 0.657. The molecule has 0 amide bonds. The van der Waals surface area contributed by atoms with Crippen molar-refractivity contribution in [2.24, 2.45) is 5.41 Å². The zero-order chi connectivity index (χ0) is 30.1. The molecule has 4 nitrogen and oxygen atoms in total. The summed E-state index contributed by atoms with van der Waals surface area (Å²) < 4.78 is 14.9. The van der Waals surface area contributed by atoms with Crippen molar-refractivity contribution < 1.29 is 8.92 Å². The monoisotopic (exact) mass is 687 g/mol. The zero-order valence-electron chi connectivity index (χ0n) is 26.7. The molecule has 2 aliphatic carbocycles. The Morgan fingerprint density at radius 3 is 2.32 bits per heavy atom. The number of aromatic nitrogens is 1. The van der Waals surface area contributed by atoms with Crippen LogP contribution in [0, 0.1) is 16.7 Å². The number of hydrogen-bond acceptors (Lipinski definition) is 4. The number of nitriles is 1. The standard InChI is InChI=1S/C35H48IN2O2S/c1-21(2)30-28-29(27-24(38-30)18-33(6,7)19-25(27)40-41(10)32(3,4)5)35(17-11-12-26(35)36)39-31(28)22-13-15-23(16-14-22)34(8,9)20-37/h13-16,21,25-26,31H,11-12,17-19H2,1-10H3/q+1/t25-,26?,31+,35?,41?/m0/s1. The Bertz CT molecular complexity index is 1350. The lowest BCUT2D eigenvalue weighted by molar-refractivity contribution is -0.0513. The summed E-state index contributed by atoms with van der Waals surface area (Å²) in [6, 6.07) is 11.0. The molecule has 1 spiro atoms. The first-order chi connectivity index (χ1) is 19.0. The molecule has 2 heterocycles. The van der Waals surface area contributed by atoms with E-state index >= 15 is 0 Å². The molecule has 1 aromatic heterocycles. The smallest absolute Gasteiger partial charge is 0.152 e. The van der Waals surface area contributed by atoms with Gasteiger partial charge in [0.05, 0.1) is 11.5 Å². The number of hydrogen-bond donors (Lipinski definition) is 0. The van der Waals surface area contributed by atoms with Crippen LogP contribution in [0.3, 0.4) is 0 Å². The maximum absolute atomic E-state index is 9.72. The van der Waals surface area contributed by atoms with E-state index in [1.165, 1.54) is 34.5 Å². The van der Waals surface area contributed by atoms with Gasteiger partial charge in [0.25, 0.3) is 0 Å². The lowest BCUT2D eigenvalue weighted by Crippen LogP contribution is -2.38. The van der Waals surface area contributed by atoms with Gasteiger partial charge in [-0.15, -0.1) is 0 Å². The molecule has 41 heavy (non-hydrogen) atoms. The van der Waals surface area contributed by atoms with Gasteiger partial charge in [-0.05, 0) is 89.2 Å². The summed E-state index contributed by atoms with van der Waals surface area (Å²) in [7, 11) is 0. The first-order valence-corrected chi connectivity index (χ1v) is 18.0. The van der Waals surface area contributed by atoms with Crippen molar-refractivity contribution >= 4 is 33.8 Å². The van der Waals surface area contributed by atoms with E-state index in [-0.39, 0.29) is 45.1 Å². The Hall–Kier alpha value is -1.14. The molecule has 1 saturated carbocycles. The Balaban J connectivity index is 1.76. The first kappa shape index (κ1) is 31.3. The largest absolute Gasteiger partial charge is 0.356 e. The van der Waals surface area contributed by atoms with E-state index in [1.54, 1.807) is 0 Å². The summed E-state index contributed by atoms with van der Waals surface area (Å²) >= 11 is 2.46. The molecule has 0 radical (unpaired) electrons. The highest BCUT2D eigenvalue weighted by atomic mass is 127. The van der Waals surface area contributed by atoms with Gasteiger partial charge in [0.15, 0.2) is 4.75 Å². The third kappa shape index (κ3) is 5.51. The van der Waals surface area contributed by atoms with E-state index in [1.807, 2.05) is 13.8 Å². The predicted octanol–water partition coefficient (Wildman–Crippen LogP) is 9.30. The van der Waals surface area contributed by atoms with Gasteiger partial charge in [-0.2, -0.15) is 9.44 Å². The molecule has 0 saturated heterocycles. The number of fused-ring (bicyclic) bond motifs is 4. The minimum absolute atomic E-state index is 0.00555. The van der Waals surface area contributed by atoms with Crippen molar-refractivity contribution in [1.29, 1.82) is 5.26 Å². The van der Waals surface area contributed by atoms with Gasteiger partial charge in [-0.3, -0.25) is 4.98 Å². The average molecular weight is 688 g/mol. The zero-order valence-corrected chi connectivity index (χ0v) is 29.6. The summed E-state index contributed by atoms with van der Waals surface area (Å²) in [5.41, 5.74) is 7.87. The number of halogens is 1. The van der Waals surface area contributed by atoms with Crippen molar-refractivity contribution in [2.45, 2.75) is 132 Å². The second kappa shape index (κ2) is 10.8. The van der Waals surface area contributed by atoms with Gasteiger partial charge in [0, 0.05) is 32.0 Å². The molecule has 0 bridgehead atoms. The molecule has 3 unspecified atom stereocenters. The van der Waals surface area contributed by atoms with Crippen LogP contribution in [0.5, 0.6) is 0 Å². The minimum atomic E-state index is -0.529. The SMILES string of the molecule is CC(C)c1nc2c(c3c1[C@@H](c1ccc(C(C)(C)C#N)cc1)OC31CCCC1I)[C@@H](O[S+](C)C(C)(C)C)CC(C)(C)C2. The van der Waals surface area contributed by atoms with Crippen LogP contribution in [0.2, 0.25) is 0 Å². The van der Waals surface area contributed by atoms with E-state index < -0.39 is 5.41 Å². The van der Waals surface area contributed by atoms with Crippen LogP contribution in [0.25, 0.3) is 0 Å². The topological polar surface area (TPSA) is 55.1 Å². The molecule has 2 aromatic rings. The van der Waals surface area contributed by atoms with Crippen molar-refractivity contribution in [3.63, 3.8) is 0 Å². The maximum Gasteiger partial charge on any atom is 0.152 e. The van der Waals surface area contributed by atoms with E-state index in [0.717, 1.165) is 36.8 Å². The maximum atomic E-state index is 9.72. The molecule has 5 atom stereocenters. The van der Waals surface area contributed by atoms with E-state index in [0.29, 0.717) is 3.92 Å². The summed E-state index contributed by atoms with van der Waals surface area (Å²) in [5.74, 6) is 0.279. The first-order valence-electron chi connectivity index (χ1n) is 15.2. The number of pyridine rings is 1. The molecule has 5 rings (SSSR count). The lowest BCUT2D eigenvalue weighted by atomic mass is 9.70. The third-order valence-electron chi connectivity index (χ3n) is 9.50. The molecule has 222 valence electrons. The molecule has 1 aromatic carbocycles. The quantitative estimate of drug-likeness (QED) is 0.179. The van der Waals surface area contributed by atoms with E-state index in [2.05, 4.69) is 108 Å². The number of benzene rings is 1. The van der Waals surface area contributed by atoms with Gasteiger partial charge >= 0.3 is 0 Å². The summed E-state index contributed by atoms with van der Waals surface area (Å²) in [6.07, 6.45) is 7.41. The van der Waals surface area contributed by atoms with Crippen LogP contribution in [0.15, 0.2) is 24.3 Å². The van der Waals surface area contributed by atoms with Crippen molar-refractivity contribution in [3.8, 4) is 6.07 Å². The van der Waals surface area contributed by atoms with Crippen LogP contribution in [-0.2, 0) is 37.5 Å². The highest BCUT2D eigenvalue weighted by Gasteiger charge is 2.57. The van der Waals surface area contributed by atoms with Crippen LogP contribution < -0.4 is 0 Å². The van der Waals surface area contributed by atoms with Gasteiger partial charge in [0.1, 0.15) is 35.2 Å². The van der Waals surface area contributed by atoms with Crippen molar-refractivity contribution in [3.05, 3.63) is 63.5 Å². The Morgan fingerprint density at radius 1 is 1.12 bits per heavy atom. The molecular weight excluding hydrogens is 639 g/mol. The highest BCUT2D eigenvalue weighted by molar-refractivity contribution is 14.1. The Morgan fingerprint density at radius 2 is 1.78 bits per heavy atom. The summed E-state index contributed by atoms with van der Waals surface area (Å²) in [5, 5.41) is 9.72. The fourth-order valence-electron chi connectivity index (χ4n) is 6.91. The second-order valence-electron chi connectivity index (χ2n) is 15.1. The number of alkyl halides is 1. The molecule has 6 heteroatoms. The highest BCUT2D eigenvalue weighted by Crippen LogP contribution is 2.61. The van der Waals surface area contributed by atoms with Gasteiger partial charge in [0.2, 0.25) is 0 Å². The third-order valence-corrected chi connectivity index (χ3v) is 13.4. The lowest BCUT2D eigenvalue weighted by Gasteiger charge is -2.40. The molecule has 1 aliphatic heterocycles. The van der Waals surface area contributed by atoms with Crippen molar-refractivity contribution in [1.82, 2.24) is 4.98 Å². The van der Waals surface area contributed by atoms with Gasteiger partial charge in [-0.1, -0.05) is 74.6 Å². The number of rotatable bonds is 5. The minimum Gasteiger partial charge on any atom is -0.356 e. The van der Waals surface area contributed by atoms with Crippen LogP contribution in [0.1, 0.15) is 145 Å². The summed E-state index contributed by atoms with van der Waals surface area (Å²) in [6.45, 7) is 20.1. The van der Waals surface area contributed by atoms with Gasteiger partial charge in [-0.25, -0.2) is 0 Å². The van der Waals surface area contributed by atoms with Crippen LogP contribution in [0.4, 0.5) is 0 Å². The fourth-order valence-corrected chi connectivity index (χ4v) is 8.92. The van der Waals surface area contributed by atoms with Crippen LogP contribution in [-0.4, -0.2) is 19.9 Å². The molecule has 1 fully saturated rings. The number of nitrogens with zero attached hydrogens (tertiary/aromatic N) is 2. The van der Waals surface area contributed by atoms with E-state index in [9.17, 15) is 5.26 Å². The van der Waals surface area contributed by atoms with Gasteiger partial charge < -0.3 is 4.74 Å². The van der Waals surface area contributed by atoms with Crippen LogP contribution >= 0.6 is 22.6 Å². The Kier molecular flexibility index (Phi) is 8.23. The normalized spacial score (nSPS) is 28.0. The molecular formula is C35H48IN2O2S+. The average Bonchev–Trinajstić information content (AvgIpc) is 3.42.